The molecule has 0 aliphatic carbocycles. The monoisotopic (exact) mass is 358 g/mol. The van der Waals surface area contributed by atoms with E-state index in [1.165, 1.54) is 0 Å². The molecule has 0 saturated heterocycles. The Kier molecular flexibility index (Phi) is 6.39. The van der Waals surface area contributed by atoms with Crippen molar-refractivity contribution in [3.63, 3.8) is 0 Å². The third kappa shape index (κ3) is 5.28. The first kappa shape index (κ1) is 18.9. The molecule has 0 spiro atoms. The third-order valence-electron chi connectivity index (χ3n) is 4.64. The molecule has 3 rings (SSSR count). The quantitative estimate of drug-likeness (QED) is 0.467. The van der Waals surface area contributed by atoms with E-state index in [0.717, 1.165) is 46.4 Å². The van der Waals surface area contributed by atoms with Crippen LogP contribution in [0.15, 0.2) is 60.7 Å². The predicted octanol–water partition coefficient (Wildman–Crippen LogP) is 6.22. The summed E-state index contributed by atoms with van der Waals surface area (Å²) in [7, 11) is 0. The Morgan fingerprint density at radius 1 is 0.852 bits per heavy atom. The maximum absolute atomic E-state index is 5.96. The molecule has 0 radical (unpaired) electrons. The summed E-state index contributed by atoms with van der Waals surface area (Å²) >= 11 is 0. The van der Waals surface area contributed by atoms with E-state index in [2.05, 4.69) is 62.1 Å². The number of ether oxygens (including phenoxy) is 2. The van der Waals surface area contributed by atoms with Crippen LogP contribution in [0.5, 0.6) is 11.5 Å². The van der Waals surface area contributed by atoms with Gasteiger partial charge >= 0.3 is 0 Å². The van der Waals surface area contributed by atoms with E-state index in [9.17, 15) is 0 Å². The topological polar surface area (TPSA) is 18.5 Å². The van der Waals surface area contributed by atoms with Gasteiger partial charge < -0.3 is 9.47 Å². The van der Waals surface area contributed by atoms with Crippen LogP contribution in [0, 0.1) is 17.8 Å². The molecule has 0 heterocycles. The van der Waals surface area contributed by atoms with E-state index in [1.807, 2.05) is 31.2 Å². The highest BCUT2D eigenvalue weighted by Gasteiger charge is 2.03. The average molecular weight is 358 g/mol. The molecule has 3 aromatic rings. The van der Waals surface area contributed by atoms with Gasteiger partial charge in [0.15, 0.2) is 0 Å². The van der Waals surface area contributed by atoms with E-state index >= 15 is 0 Å². The van der Waals surface area contributed by atoms with Crippen LogP contribution >= 0.6 is 0 Å². The average Bonchev–Trinajstić information content (AvgIpc) is 2.71. The molecular formula is C25H26O2. The summed E-state index contributed by atoms with van der Waals surface area (Å²) in [5, 5.41) is 2.31. The first-order chi connectivity index (χ1) is 13.2. The molecule has 0 aromatic heterocycles. The van der Waals surface area contributed by atoms with Crippen LogP contribution in [-0.4, -0.2) is 6.61 Å². The minimum atomic E-state index is 0.543. The molecule has 1 atom stereocenters. The highest BCUT2D eigenvalue weighted by Crippen LogP contribution is 2.26. The fourth-order valence-corrected chi connectivity index (χ4v) is 2.73. The summed E-state index contributed by atoms with van der Waals surface area (Å²) in [5.41, 5.74) is 2.16. The van der Waals surface area contributed by atoms with Crippen molar-refractivity contribution in [3.05, 3.63) is 71.8 Å². The van der Waals surface area contributed by atoms with Gasteiger partial charge in [-0.1, -0.05) is 50.5 Å². The lowest BCUT2D eigenvalue weighted by molar-refractivity contribution is 0.257. The molecule has 0 N–H and O–H groups in total. The van der Waals surface area contributed by atoms with Gasteiger partial charge in [-0.2, -0.15) is 0 Å². The van der Waals surface area contributed by atoms with Crippen LogP contribution < -0.4 is 9.47 Å². The van der Waals surface area contributed by atoms with Gasteiger partial charge in [-0.05, 0) is 65.6 Å². The van der Waals surface area contributed by atoms with Crippen molar-refractivity contribution in [3.8, 4) is 23.3 Å². The van der Waals surface area contributed by atoms with E-state index in [1.54, 1.807) is 0 Å². The second-order valence-corrected chi connectivity index (χ2v) is 6.86. The molecule has 138 valence electrons. The largest absolute Gasteiger partial charge is 0.493 e. The Hall–Kier alpha value is -2.92. The van der Waals surface area contributed by atoms with Gasteiger partial charge in [0.05, 0.1) is 6.61 Å². The summed E-state index contributed by atoms with van der Waals surface area (Å²) in [6, 6.07) is 20.5. The zero-order valence-corrected chi connectivity index (χ0v) is 16.3. The van der Waals surface area contributed by atoms with E-state index < -0.39 is 0 Å². The van der Waals surface area contributed by atoms with E-state index in [4.69, 9.17) is 9.47 Å². The van der Waals surface area contributed by atoms with Crippen molar-refractivity contribution in [1.82, 2.24) is 0 Å². The van der Waals surface area contributed by atoms with Crippen molar-refractivity contribution in [2.24, 2.45) is 5.92 Å². The Bertz CT molecular complexity index is 945. The van der Waals surface area contributed by atoms with Crippen LogP contribution in [0.25, 0.3) is 10.8 Å². The van der Waals surface area contributed by atoms with Gasteiger partial charge in [0.1, 0.15) is 18.1 Å². The molecule has 2 heteroatoms. The van der Waals surface area contributed by atoms with Crippen LogP contribution in [0.1, 0.15) is 38.3 Å². The highest BCUT2D eigenvalue weighted by atomic mass is 16.5. The first-order valence-electron chi connectivity index (χ1n) is 9.49. The Balaban J connectivity index is 1.64. The fraction of sp³-hybridized carbons (Fsp3) is 0.280. The number of rotatable bonds is 7. The minimum Gasteiger partial charge on any atom is -0.493 e. The maximum Gasteiger partial charge on any atom is 0.120 e. The molecule has 0 fully saturated rings. The summed E-state index contributed by atoms with van der Waals surface area (Å²) in [6.07, 6.45) is 1.13. The summed E-state index contributed by atoms with van der Waals surface area (Å²) < 4.78 is 11.8. The molecule has 2 nitrogen and oxygen atoms in total. The van der Waals surface area contributed by atoms with Gasteiger partial charge in [0.25, 0.3) is 0 Å². The minimum absolute atomic E-state index is 0.543. The molecule has 3 aromatic carbocycles. The highest BCUT2D eigenvalue weighted by molar-refractivity contribution is 5.85. The maximum atomic E-state index is 5.96. The van der Waals surface area contributed by atoms with Gasteiger partial charge in [0.2, 0.25) is 0 Å². The summed E-state index contributed by atoms with van der Waals surface area (Å²) in [6.45, 7) is 7.53. The van der Waals surface area contributed by atoms with Crippen molar-refractivity contribution >= 4 is 10.8 Å². The van der Waals surface area contributed by atoms with Gasteiger partial charge in [0, 0.05) is 5.56 Å². The van der Waals surface area contributed by atoms with Crippen molar-refractivity contribution in [2.75, 3.05) is 6.61 Å². The molecule has 1 unspecified atom stereocenters. The zero-order chi connectivity index (χ0) is 19.1. The van der Waals surface area contributed by atoms with Gasteiger partial charge in [-0.15, -0.1) is 5.92 Å². The summed E-state index contributed by atoms with van der Waals surface area (Å²) in [4.78, 5) is 0. The number of hydrogen-bond donors (Lipinski definition) is 0. The Morgan fingerprint density at radius 2 is 1.48 bits per heavy atom. The lowest BCUT2D eigenvalue weighted by Gasteiger charge is -2.12. The number of fused-ring (bicyclic) bond motifs is 1. The lowest BCUT2D eigenvalue weighted by Crippen LogP contribution is -2.07. The van der Waals surface area contributed by atoms with Crippen LogP contribution in [-0.2, 0) is 6.61 Å². The van der Waals surface area contributed by atoms with Crippen molar-refractivity contribution in [1.29, 1.82) is 0 Å². The molecule has 0 saturated carbocycles. The molecular weight excluding hydrogens is 332 g/mol. The predicted molar refractivity (Wildman–Crippen MR) is 112 cm³/mol. The number of hydrogen-bond acceptors (Lipinski definition) is 2. The van der Waals surface area contributed by atoms with Crippen LogP contribution in [0.2, 0.25) is 0 Å². The standard InChI is InChI=1S/C25H26O2/c1-4-6-20-7-9-21(10-8-20)18-27-25-14-12-22-15-24(13-11-23(22)16-25)26-17-19(3)5-2/h7-16,19H,5,17-18H2,1-3H3. The smallest absolute Gasteiger partial charge is 0.120 e. The second-order valence-electron chi connectivity index (χ2n) is 6.86. The first-order valence-corrected chi connectivity index (χ1v) is 9.49. The SMILES string of the molecule is CC#Cc1ccc(COc2ccc3cc(OCC(C)CC)ccc3c2)cc1. The molecule has 27 heavy (non-hydrogen) atoms. The zero-order valence-electron chi connectivity index (χ0n) is 16.3. The van der Waals surface area contributed by atoms with E-state index in [0.29, 0.717) is 12.5 Å². The lowest BCUT2D eigenvalue weighted by atomic mass is 10.1. The third-order valence-corrected chi connectivity index (χ3v) is 4.64. The second kappa shape index (κ2) is 9.14. The van der Waals surface area contributed by atoms with Crippen LogP contribution in [0.3, 0.4) is 0 Å². The molecule has 0 aliphatic rings. The number of benzene rings is 3. The Labute approximate surface area is 162 Å². The van der Waals surface area contributed by atoms with Gasteiger partial charge in [-0.25, -0.2) is 0 Å². The van der Waals surface area contributed by atoms with Crippen molar-refractivity contribution < 1.29 is 9.47 Å². The fourth-order valence-electron chi connectivity index (χ4n) is 2.73. The normalized spacial score (nSPS) is 11.5. The van der Waals surface area contributed by atoms with Crippen molar-refractivity contribution in [2.45, 2.75) is 33.8 Å². The summed E-state index contributed by atoms with van der Waals surface area (Å²) in [5.74, 6) is 8.32. The Morgan fingerprint density at radius 3 is 2.07 bits per heavy atom. The van der Waals surface area contributed by atoms with E-state index in [-0.39, 0.29) is 0 Å². The molecule has 0 bridgehead atoms. The van der Waals surface area contributed by atoms with Gasteiger partial charge in [-0.3, -0.25) is 0 Å². The molecule has 0 amide bonds. The molecule has 0 aliphatic heterocycles. The van der Waals surface area contributed by atoms with Crippen LogP contribution in [0.4, 0.5) is 0 Å².